The third-order valence-corrected chi connectivity index (χ3v) is 7.98. The fourth-order valence-electron chi connectivity index (χ4n) is 4.82. The van der Waals surface area contributed by atoms with Crippen LogP contribution in [0.4, 0.5) is 0 Å². The van der Waals surface area contributed by atoms with E-state index in [4.69, 9.17) is 19.6 Å². The lowest BCUT2D eigenvalue weighted by Gasteiger charge is -2.22. The highest BCUT2D eigenvalue weighted by Crippen LogP contribution is 2.35. The van der Waals surface area contributed by atoms with Gasteiger partial charge in [0.25, 0.3) is 5.56 Å². The van der Waals surface area contributed by atoms with Crippen molar-refractivity contribution < 1.29 is 9.47 Å². The summed E-state index contributed by atoms with van der Waals surface area (Å²) in [5.74, 6) is 2.31. The lowest BCUT2D eigenvalue weighted by atomic mass is 9.88. The topological polar surface area (TPSA) is 65.7 Å². The van der Waals surface area contributed by atoms with E-state index in [-0.39, 0.29) is 11.5 Å². The second-order valence-corrected chi connectivity index (χ2v) is 11.4. The molecular formula is C30H29BrIN3O3. The highest BCUT2D eigenvalue weighted by molar-refractivity contribution is 14.1. The first kappa shape index (κ1) is 26.9. The molecule has 6 nitrogen and oxygen atoms in total. The van der Waals surface area contributed by atoms with Crippen molar-refractivity contribution in [1.29, 1.82) is 0 Å². The van der Waals surface area contributed by atoms with Crippen molar-refractivity contribution >= 4 is 55.6 Å². The number of rotatable bonds is 8. The quantitative estimate of drug-likeness (QED) is 0.141. The zero-order chi connectivity index (χ0) is 26.5. The molecule has 0 saturated heterocycles. The number of nitrogens with zero attached hydrogens (tertiary/aromatic N) is 3. The molecule has 5 rings (SSSR count). The van der Waals surface area contributed by atoms with E-state index in [0.717, 1.165) is 50.7 Å². The van der Waals surface area contributed by atoms with E-state index in [9.17, 15) is 4.79 Å². The van der Waals surface area contributed by atoms with Gasteiger partial charge in [0.15, 0.2) is 11.5 Å². The van der Waals surface area contributed by atoms with Crippen molar-refractivity contribution in [1.82, 2.24) is 9.66 Å². The van der Waals surface area contributed by atoms with Crippen molar-refractivity contribution in [2.45, 2.75) is 51.6 Å². The van der Waals surface area contributed by atoms with Crippen molar-refractivity contribution in [3.63, 3.8) is 0 Å². The van der Waals surface area contributed by atoms with Gasteiger partial charge in [-0.25, -0.2) is 4.98 Å². The van der Waals surface area contributed by atoms with Crippen LogP contribution in [0.5, 0.6) is 11.5 Å². The maximum atomic E-state index is 13.6. The first-order valence-electron chi connectivity index (χ1n) is 12.9. The minimum atomic E-state index is -0.157. The molecule has 0 amide bonds. The first-order chi connectivity index (χ1) is 18.5. The Balaban J connectivity index is 1.52. The predicted molar refractivity (Wildman–Crippen MR) is 164 cm³/mol. The monoisotopic (exact) mass is 685 g/mol. The minimum absolute atomic E-state index is 0.157. The molecular weight excluding hydrogens is 657 g/mol. The summed E-state index contributed by atoms with van der Waals surface area (Å²) < 4.78 is 15.3. The number of ether oxygens (including phenoxy) is 2. The normalized spacial score (nSPS) is 14.3. The van der Waals surface area contributed by atoms with Gasteiger partial charge in [0.1, 0.15) is 12.4 Å². The summed E-state index contributed by atoms with van der Waals surface area (Å²) >= 11 is 5.75. The molecule has 0 unspecified atom stereocenters. The standard InChI is InChI=1S/C30H29BrIN3O3/c1-2-37-27-16-21(15-25(32)28(27)38-19-20-9-5-3-6-10-20)18-33-35-29(22-11-7-4-8-12-22)34-26-14-13-23(31)17-24(26)30(35)36/h3,5-6,9-10,13-18,22H,2,4,7-8,11-12,19H2,1H3. The van der Waals surface area contributed by atoms with Crippen molar-refractivity contribution in [3.05, 3.63) is 96.0 Å². The smallest absolute Gasteiger partial charge is 0.282 e. The van der Waals surface area contributed by atoms with Crippen LogP contribution < -0.4 is 15.0 Å². The van der Waals surface area contributed by atoms with Crippen LogP contribution in [0, 0.1) is 3.57 Å². The Hall–Kier alpha value is -2.72. The molecule has 4 aromatic rings. The van der Waals surface area contributed by atoms with E-state index in [0.29, 0.717) is 35.6 Å². The van der Waals surface area contributed by atoms with Gasteiger partial charge < -0.3 is 9.47 Å². The number of benzene rings is 3. The van der Waals surface area contributed by atoms with Crippen LogP contribution in [0.3, 0.4) is 0 Å². The van der Waals surface area contributed by atoms with Gasteiger partial charge in [-0.3, -0.25) is 4.79 Å². The van der Waals surface area contributed by atoms with Crippen LogP contribution in [-0.2, 0) is 6.61 Å². The Kier molecular flexibility index (Phi) is 8.79. The third-order valence-electron chi connectivity index (χ3n) is 6.68. The van der Waals surface area contributed by atoms with Gasteiger partial charge in [-0.05, 0) is 83.8 Å². The van der Waals surface area contributed by atoms with E-state index in [1.807, 2.05) is 67.6 Å². The zero-order valence-corrected chi connectivity index (χ0v) is 24.9. The van der Waals surface area contributed by atoms with Gasteiger partial charge in [-0.2, -0.15) is 9.78 Å². The zero-order valence-electron chi connectivity index (χ0n) is 21.2. The van der Waals surface area contributed by atoms with Gasteiger partial charge in [0.05, 0.1) is 27.3 Å². The number of hydrogen-bond acceptors (Lipinski definition) is 5. The molecule has 0 atom stereocenters. The summed E-state index contributed by atoms with van der Waals surface area (Å²) in [4.78, 5) is 18.5. The van der Waals surface area contributed by atoms with E-state index < -0.39 is 0 Å². The van der Waals surface area contributed by atoms with E-state index >= 15 is 0 Å². The van der Waals surface area contributed by atoms with Crippen LogP contribution >= 0.6 is 38.5 Å². The number of hydrogen-bond donors (Lipinski definition) is 0. The molecule has 0 N–H and O–H groups in total. The maximum absolute atomic E-state index is 13.6. The summed E-state index contributed by atoms with van der Waals surface area (Å²) in [6.07, 6.45) is 7.26. The Bertz CT molecular complexity index is 1520. The molecule has 1 aromatic heterocycles. The van der Waals surface area contributed by atoms with Gasteiger partial charge in [0.2, 0.25) is 0 Å². The van der Waals surface area contributed by atoms with Gasteiger partial charge in [0, 0.05) is 10.4 Å². The van der Waals surface area contributed by atoms with E-state index in [1.54, 1.807) is 6.21 Å². The molecule has 8 heteroatoms. The van der Waals surface area contributed by atoms with Crippen molar-refractivity contribution in [2.24, 2.45) is 5.10 Å². The Labute approximate surface area is 244 Å². The van der Waals surface area contributed by atoms with Crippen molar-refractivity contribution in [2.75, 3.05) is 6.61 Å². The molecule has 1 fully saturated rings. The Morgan fingerprint density at radius 3 is 2.63 bits per heavy atom. The van der Waals surface area contributed by atoms with Gasteiger partial charge in [-0.1, -0.05) is 65.5 Å². The molecule has 0 radical (unpaired) electrons. The highest BCUT2D eigenvalue weighted by atomic mass is 127. The molecule has 0 bridgehead atoms. The van der Waals surface area contributed by atoms with Gasteiger partial charge >= 0.3 is 0 Å². The van der Waals surface area contributed by atoms with Crippen molar-refractivity contribution in [3.8, 4) is 11.5 Å². The van der Waals surface area contributed by atoms with Crippen LogP contribution in [0.1, 0.15) is 61.9 Å². The molecule has 196 valence electrons. The second kappa shape index (κ2) is 12.4. The average molecular weight is 686 g/mol. The van der Waals surface area contributed by atoms with Crippen LogP contribution in [-0.4, -0.2) is 22.5 Å². The molecule has 3 aromatic carbocycles. The molecule has 1 aliphatic rings. The van der Waals surface area contributed by atoms with Crippen LogP contribution in [0.25, 0.3) is 10.9 Å². The van der Waals surface area contributed by atoms with E-state index in [2.05, 4.69) is 38.5 Å². The number of fused-ring (bicyclic) bond motifs is 1. The van der Waals surface area contributed by atoms with Crippen LogP contribution in [0.2, 0.25) is 0 Å². The maximum Gasteiger partial charge on any atom is 0.282 e. The minimum Gasteiger partial charge on any atom is -0.490 e. The number of aromatic nitrogens is 2. The highest BCUT2D eigenvalue weighted by Gasteiger charge is 2.22. The summed E-state index contributed by atoms with van der Waals surface area (Å²) in [5, 5.41) is 5.24. The summed E-state index contributed by atoms with van der Waals surface area (Å²) in [6.45, 7) is 2.90. The lowest BCUT2D eigenvalue weighted by molar-refractivity contribution is 0.267. The van der Waals surface area contributed by atoms with Crippen LogP contribution in [0.15, 0.2) is 75.0 Å². The summed E-state index contributed by atoms with van der Waals surface area (Å²) in [5.41, 5.74) is 2.45. The summed E-state index contributed by atoms with van der Waals surface area (Å²) in [7, 11) is 0. The fraction of sp³-hybridized carbons (Fsp3) is 0.300. The number of halogens is 2. The third kappa shape index (κ3) is 6.12. The summed E-state index contributed by atoms with van der Waals surface area (Å²) in [6, 6.07) is 19.6. The second-order valence-electron chi connectivity index (χ2n) is 9.37. The van der Waals surface area contributed by atoms with Gasteiger partial charge in [-0.15, -0.1) is 0 Å². The lowest BCUT2D eigenvalue weighted by Crippen LogP contribution is -2.25. The largest absolute Gasteiger partial charge is 0.490 e. The average Bonchev–Trinajstić information content (AvgIpc) is 2.93. The molecule has 38 heavy (non-hydrogen) atoms. The first-order valence-corrected chi connectivity index (χ1v) is 14.8. The fourth-order valence-corrected chi connectivity index (χ4v) is 5.96. The molecule has 0 spiro atoms. The molecule has 0 aliphatic heterocycles. The Morgan fingerprint density at radius 2 is 1.87 bits per heavy atom. The molecule has 1 saturated carbocycles. The molecule has 1 aliphatic carbocycles. The molecule has 1 heterocycles. The predicted octanol–water partition coefficient (Wildman–Crippen LogP) is 7.67. The Morgan fingerprint density at radius 1 is 1.08 bits per heavy atom. The van der Waals surface area contributed by atoms with E-state index in [1.165, 1.54) is 11.1 Å². The SMILES string of the molecule is CCOc1cc(C=Nn2c(C3CCCCC3)nc3ccc(Br)cc3c2=O)cc(I)c1OCc1ccccc1.